The number of nitrogens with zero attached hydrogens (tertiary/aromatic N) is 2. The highest BCUT2D eigenvalue weighted by Crippen LogP contribution is 2.26. The van der Waals surface area contributed by atoms with E-state index in [0.717, 1.165) is 0 Å². The van der Waals surface area contributed by atoms with Gasteiger partial charge in [-0.05, 0) is 13.8 Å². The smallest absolute Gasteiger partial charge is 0.268 e. The molecule has 1 aromatic rings. The lowest BCUT2D eigenvalue weighted by atomic mass is 10.3. The van der Waals surface area contributed by atoms with Gasteiger partial charge in [-0.15, -0.1) is 6.58 Å². The molecular weight excluding hydrogens is 236 g/mol. The number of carbonyl (C=O) groups excluding carboxylic acids is 1. The van der Waals surface area contributed by atoms with Crippen LogP contribution in [0.15, 0.2) is 12.7 Å². The SMILES string of the molecule is C=CCN(C(=O)c1sc(NC)nc1N)C(C)C. The fraction of sp³-hybridized carbons (Fsp3) is 0.455. The number of aromatic nitrogens is 1. The number of rotatable bonds is 5. The summed E-state index contributed by atoms with van der Waals surface area (Å²) in [5.74, 6) is 0.176. The molecule has 0 aliphatic rings. The van der Waals surface area contributed by atoms with E-state index in [-0.39, 0.29) is 17.8 Å². The van der Waals surface area contributed by atoms with Gasteiger partial charge in [0.2, 0.25) is 0 Å². The Morgan fingerprint density at radius 1 is 1.71 bits per heavy atom. The minimum absolute atomic E-state index is 0.0973. The normalized spacial score (nSPS) is 10.4. The number of hydrogen-bond acceptors (Lipinski definition) is 5. The molecule has 1 heterocycles. The van der Waals surface area contributed by atoms with E-state index in [1.807, 2.05) is 13.8 Å². The van der Waals surface area contributed by atoms with Gasteiger partial charge in [-0.25, -0.2) is 4.98 Å². The second kappa shape index (κ2) is 5.67. The number of amides is 1. The Labute approximate surface area is 105 Å². The van der Waals surface area contributed by atoms with Gasteiger partial charge in [0, 0.05) is 19.6 Å². The molecule has 17 heavy (non-hydrogen) atoms. The maximum atomic E-state index is 12.3. The van der Waals surface area contributed by atoms with E-state index in [1.165, 1.54) is 11.3 Å². The molecule has 1 aromatic heterocycles. The van der Waals surface area contributed by atoms with Crippen LogP contribution in [0, 0.1) is 0 Å². The van der Waals surface area contributed by atoms with Crippen molar-refractivity contribution in [1.29, 1.82) is 0 Å². The van der Waals surface area contributed by atoms with Gasteiger partial charge in [-0.3, -0.25) is 4.79 Å². The molecule has 0 fully saturated rings. The highest BCUT2D eigenvalue weighted by Gasteiger charge is 2.23. The van der Waals surface area contributed by atoms with Crippen molar-refractivity contribution in [3.8, 4) is 0 Å². The van der Waals surface area contributed by atoms with E-state index in [2.05, 4.69) is 16.9 Å². The van der Waals surface area contributed by atoms with Crippen molar-refractivity contribution >= 4 is 28.2 Å². The summed E-state index contributed by atoms with van der Waals surface area (Å²) in [7, 11) is 1.75. The number of nitrogens with one attached hydrogen (secondary N) is 1. The zero-order valence-corrected chi connectivity index (χ0v) is 11.2. The molecule has 0 bridgehead atoms. The number of hydrogen-bond donors (Lipinski definition) is 2. The highest BCUT2D eigenvalue weighted by atomic mass is 32.1. The zero-order chi connectivity index (χ0) is 13.0. The van der Waals surface area contributed by atoms with Crippen LogP contribution in [-0.2, 0) is 0 Å². The molecule has 94 valence electrons. The average Bonchev–Trinajstić information content (AvgIpc) is 2.66. The molecule has 1 amide bonds. The van der Waals surface area contributed by atoms with Gasteiger partial charge < -0.3 is 16.0 Å². The first-order chi connectivity index (χ1) is 8.01. The van der Waals surface area contributed by atoms with Gasteiger partial charge in [0.25, 0.3) is 5.91 Å². The van der Waals surface area contributed by atoms with Crippen molar-refractivity contribution in [2.24, 2.45) is 0 Å². The molecule has 0 aliphatic carbocycles. The number of nitrogen functional groups attached to an aromatic ring is 1. The molecular formula is C11H18N4OS. The van der Waals surface area contributed by atoms with Crippen LogP contribution < -0.4 is 11.1 Å². The Morgan fingerprint density at radius 3 is 2.76 bits per heavy atom. The molecule has 0 saturated carbocycles. The molecule has 0 spiro atoms. The van der Waals surface area contributed by atoms with Crippen LogP contribution in [0.25, 0.3) is 0 Å². The van der Waals surface area contributed by atoms with Gasteiger partial charge in [0.05, 0.1) is 0 Å². The van der Waals surface area contributed by atoms with Crippen LogP contribution in [-0.4, -0.2) is 35.4 Å². The van der Waals surface area contributed by atoms with Gasteiger partial charge in [0.15, 0.2) is 5.13 Å². The van der Waals surface area contributed by atoms with Gasteiger partial charge >= 0.3 is 0 Å². The fourth-order valence-corrected chi connectivity index (χ4v) is 2.18. The summed E-state index contributed by atoms with van der Waals surface area (Å²) in [6.07, 6.45) is 1.70. The summed E-state index contributed by atoms with van der Waals surface area (Å²) in [5, 5.41) is 3.53. The average molecular weight is 254 g/mol. The maximum Gasteiger partial charge on any atom is 0.268 e. The van der Waals surface area contributed by atoms with E-state index >= 15 is 0 Å². The largest absolute Gasteiger partial charge is 0.382 e. The summed E-state index contributed by atoms with van der Waals surface area (Å²) in [5.41, 5.74) is 5.74. The lowest BCUT2D eigenvalue weighted by Gasteiger charge is -2.24. The minimum Gasteiger partial charge on any atom is -0.382 e. The first-order valence-electron chi connectivity index (χ1n) is 5.37. The molecule has 0 radical (unpaired) electrons. The van der Waals surface area contributed by atoms with Crippen LogP contribution in [0.1, 0.15) is 23.5 Å². The molecule has 5 nitrogen and oxygen atoms in total. The lowest BCUT2D eigenvalue weighted by Crippen LogP contribution is -2.36. The third-order valence-electron chi connectivity index (χ3n) is 2.27. The van der Waals surface area contributed by atoms with Crippen molar-refractivity contribution < 1.29 is 4.79 Å². The van der Waals surface area contributed by atoms with Crippen molar-refractivity contribution in [2.45, 2.75) is 19.9 Å². The number of nitrogens with two attached hydrogens (primary N) is 1. The summed E-state index contributed by atoms with van der Waals surface area (Å²) in [6, 6.07) is 0.0973. The van der Waals surface area contributed by atoms with Crippen LogP contribution in [0.3, 0.4) is 0 Å². The quantitative estimate of drug-likeness (QED) is 0.786. The third-order valence-corrected chi connectivity index (χ3v) is 3.35. The van der Waals surface area contributed by atoms with E-state index in [9.17, 15) is 4.79 Å². The maximum absolute atomic E-state index is 12.3. The summed E-state index contributed by atoms with van der Waals surface area (Å²) in [6.45, 7) is 8.07. The molecule has 0 aliphatic heterocycles. The summed E-state index contributed by atoms with van der Waals surface area (Å²) < 4.78 is 0. The molecule has 6 heteroatoms. The van der Waals surface area contributed by atoms with Crippen molar-refractivity contribution in [2.75, 3.05) is 24.6 Å². The second-order valence-corrected chi connectivity index (χ2v) is 4.82. The van der Waals surface area contributed by atoms with E-state index in [1.54, 1.807) is 18.0 Å². The molecule has 0 atom stereocenters. The third kappa shape index (κ3) is 2.97. The predicted molar refractivity (Wildman–Crippen MR) is 72.4 cm³/mol. The Morgan fingerprint density at radius 2 is 2.35 bits per heavy atom. The number of anilines is 2. The monoisotopic (exact) mass is 254 g/mol. The Hall–Kier alpha value is -1.56. The number of thiazole rings is 1. The standard InChI is InChI=1S/C11H18N4OS/c1-5-6-15(7(2)3)10(16)8-9(12)14-11(13-4)17-8/h5,7H,1,6,12H2,2-4H3,(H,13,14). The topological polar surface area (TPSA) is 71.2 Å². The molecule has 3 N–H and O–H groups in total. The fourth-order valence-electron chi connectivity index (χ4n) is 1.39. The van der Waals surface area contributed by atoms with Gasteiger partial charge in [0.1, 0.15) is 10.7 Å². The zero-order valence-electron chi connectivity index (χ0n) is 10.4. The van der Waals surface area contributed by atoms with Crippen LogP contribution in [0.2, 0.25) is 0 Å². The van der Waals surface area contributed by atoms with E-state index in [0.29, 0.717) is 16.6 Å². The van der Waals surface area contributed by atoms with Crippen LogP contribution >= 0.6 is 11.3 Å². The van der Waals surface area contributed by atoms with Crippen LogP contribution in [0.5, 0.6) is 0 Å². The first-order valence-corrected chi connectivity index (χ1v) is 6.18. The Kier molecular flexibility index (Phi) is 4.51. The number of carbonyl (C=O) groups is 1. The Balaban J connectivity index is 3.00. The molecule has 0 aromatic carbocycles. The van der Waals surface area contributed by atoms with Crippen LogP contribution in [0.4, 0.5) is 10.9 Å². The summed E-state index contributed by atoms with van der Waals surface area (Å²) in [4.78, 5) is 18.5. The van der Waals surface area contributed by atoms with Crippen molar-refractivity contribution in [1.82, 2.24) is 9.88 Å². The first kappa shape index (κ1) is 13.5. The van der Waals surface area contributed by atoms with E-state index in [4.69, 9.17) is 5.73 Å². The predicted octanol–water partition coefficient (Wildman–Crippen LogP) is 1.80. The van der Waals surface area contributed by atoms with Gasteiger partial charge in [-0.2, -0.15) is 0 Å². The molecule has 1 rings (SSSR count). The highest BCUT2D eigenvalue weighted by molar-refractivity contribution is 7.18. The van der Waals surface area contributed by atoms with Crippen molar-refractivity contribution in [3.05, 3.63) is 17.5 Å². The minimum atomic E-state index is -0.101. The van der Waals surface area contributed by atoms with E-state index < -0.39 is 0 Å². The lowest BCUT2D eigenvalue weighted by molar-refractivity contribution is 0.0734. The second-order valence-electron chi connectivity index (χ2n) is 3.82. The molecule has 0 unspecified atom stereocenters. The van der Waals surface area contributed by atoms with Gasteiger partial charge in [-0.1, -0.05) is 17.4 Å². The summed E-state index contributed by atoms with van der Waals surface area (Å²) >= 11 is 1.27. The Bertz CT molecular complexity index is 414. The van der Waals surface area contributed by atoms with Crippen molar-refractivity contribution in [3.63, 3.8) is 0 Å². The molecule has 0 saturated heterocycles.